The van der Waals surface area contributed by atoms with Crippen LogP contribution in [0.25, 0.3) is 5.69 Å². The van der Waals surface area contributed by atoms with Gasteiger partial charge in [-0.2, -0.15) is 0 Å². The van der Waals surface area contributed by atoms with Crippen LogP contribution in [-0.2, 0) is 9.59 Å². The lowest BCUT2D eigenvalue weighted by Gasteiger charge is -2.09. The van der Waals surface area contributed by atoms with E-state index in [1.165, 1.54) is 11.8 Å². The van der Waals surface area contributed by atoms with Crippen molar-refractivity contribution >= 4 is 35.2 Å². The Kier molecular flexibility index (Phi) is 7.47. The Morgan fingerprint density at radius 3 is 2.69 bits per heavy atom. The van der Waals surface area contributed by atoms with Gasteiger partial charge in [-0.05, 0) is 24.6 Å². The number of nitrogens with zero attached hydrogens (tertiary/aromatic N) is 3. The van der Waals surface area contributed by atoms with E-state index in [1.54, 1.807) is 10.9 Å². The molecule has 0 bridgehead atoms. The van der Waals surface area contributed by atoms with Crippen LogP contribution in [0.1, 0.15) is 19.4 Å². The number of halogens is 1. The molecule has 26 heavy (non-hydrogen) atoms. The number of carbonyl (C=O) groups is 2. The Morgan fingerprint density at radius 1 is 1.27 bits per heavy atom. The van der Waals surface area contributed by atoms with Gasteiger partial charge in [0.25, 0.3) is 0 Å². The Labute approximate surface area is 161 Å². The molecule has 1 aromatic heterocycles. The SMILES string of the molecule is Cc1ccc(-n2cnnc2SCC(=O)NCCNC(=O)C(C)C)cc1Cl. The van der Waals surface area contributed by atoms with Crippen molar-refractivity contribution < 1.29 is 9.59 Å². The van der Waals surface area contributed by atoms with E-state index in [4.69, 9.17) is 11.6 Å². The van der Waals surface area contributed by atoms with Gasteiger partial charge in [0.2, 0.25) is 11.8 Å². The molecule has 140 valence electrons. The number of benzene rings is 1. The quantitative estimate of drug-likeness (QED) is 0.528. The summed E-state index contributed by atoms with van der Waals surface area (Å²) in [4.78, 5) is 23.4. The molecule has 7 nitrogen and oxygen atoms in total. The zero-order valence-electron chi connectivity index (χ0n) is 15.0. The van der Waals surface area contributed by atoms with E-state index in [9.17, 15) is 9.59 Å². The third-order valence-electron chi connectivity index (χ3n) is 3.55. The second-order valence-electron chi connectivity index (χ2n) is 6.00. The van der Waals surface area contributed by atoms with Gasteiger partial charge in [-0.25, -0.2) is 0 Å². The molecule has 0 saturated carbocycles. The van der Waals surface area contributed by atoms with E-state index in [1.807, 2.05) is 39.0 Å². The molecule has 0 saturated heterocycles. The summed E-state index contributed by atoms with van der Waals surface area (Å²) in [5.41, 5.74) is 1.83. The van der Waals surface area contributed by atoms with Crippen LogP contribution in [0, 0.1) is 12.8 Å². The molecule has 0 aliphatic rings. The highest BCUT2D eigenvalue weighted by Gasteiger charge is 2.11. The molecule has 0 aliphatic heterocycles. The molecule has 1 aromatic carbocycles. The molecule has 2 amide bonds. The van der Waals surface area contributed by atoms with Crippen LogP contribution in [-0.4, -0.2) is 45.4 Å². The summed E-state index contributed by atoms with van der Waals surface area (Å²) in [6.07, 6.45) is 1.59. The first kappa shape index (κ1) is 20.3. The number of hydrogen-bond donors (Lipinski definition) is 2. The van der Waals surface area contributed by atoms with E-state index in [2.05, 4.69) is 20.8 Å². The van der Waals surface area contributed by atoms with E-state index in [0.29, 0.717) is 23.3 Å². The van der Waals surface area contributed by atoms with Gasteiger partial charge in [0.05, 0.1) is 11.4 Å². The summed E-state index contributed by atoms with van der Waals surface area (Å²) in [6, 6.07) is 5.68. The predicted octanol–water partition coefficient (Wildman–Crippen LogP) is 2.21. The van der Waals surface area contributed by atoms with Crippen LogP contribution in [0.5, 0.6) is 0 Å². The van der Waals surface area contributed by atoms with Crippen molar-refractivity contribution in [3.05, 3.63) is 35.1 Å². The van der Waals surface area contributed by atoms with Crippen molar-refractivity contribution in [3.63, 3.8) is 0 Å². The lowest BCUT2D eigenvalue weighted by atomic mass is 10.2. The standard InChI is InChI=1S/C17H22ClN5O2S/c1-11(2)16(25)20-7-6-19-15(24)9-26-17-22-21-10-23(17)13-5-4-12(3)14(18)8-13/h4-5,8,10-11H,6-7,9H2,1-3H3,(H,19,24)(H,20,25). The number of carbonyl (C=O) groups excluding carboxylic acids is 2. The first-order valence-electron chi connectivity index (χ1n) is 8.22. The molecule has 9 heteroatoms. The average Bonchev–Trinajstić information content (AvgIpc) is 3.07. The number of aryl methyl sites for hydroxylation is 1. The first-order chi connectivity index (χ1) is 12.4. The second kappa shape index (κ2) is 9.59. The minimum atomic E-state index is -0.134. The summed E-state index contributed by atoms with van der Waals surface area (Å²) < 4.78 is 1.78. The number of thioether (sulfide) groups is 1. The molecule has 0 unspecified atom stereocenters. The van der Waals surface area contributed by atoms with Gasteiger partial charge in [-0.15, -0.1) is 10.2 Å². The Hall–Kier alpha value is -2.06. The van der Waals surface area contributed by atoms with Crippen molar-refractivity contribution in [3.8, 4) is 5.69 Å². The smallest absolute Gasteiger partial charge is 0.230 e. The number of aromatic nitrogens is 3. The summed E-state index contributed by atoms with van der Waals surface area (Å²) in [5, 5.41) is 14.7. The fourth-order valence-electron chi connectivity index (χ4n) is 2.00. The van der Waals surface area contributed by atoms with E-state index in [0.717, 1.165) is 11.3 Å². The van der Waals surface area contributed by atoms with E-state index < -0.39 is 0 Å². The zero-order valence-corrected chi connectivity index (χ0v) is 16.5. The third-order valence-corrected chi connectivity index (χ3v) is 4.90. The molecule has 2 N–H and O–H groups in total. The van der Waals surface area contributed by atoms with Crippen LogP contribution in [0.4, 0.5) is 0 Å². The van der Waals surface area contributed by atoms with Crippen molar-refractivity contribution in [2.45, 2.75) is 25.9 Å². The monoisotopic (exact) mass is 395 g/mol. The molecule has 1 heterocycles. The van der Waals surface area contributed by atoms with E-state index in [-0.39, 0.29) is 23.5 Å². The Balaban J connectivity index is 1.83. The number of hydrogen-bond acceptors (Lipinski definition) is 5. The highest BCUT2D eigenvalue weighted by molar-refractivity contribution is 7.99. The summed E-state index contributed by atoms with van der Waals surface area (Å²) in [7, 11) is 0. The van der Waals surface area contributed by atoms with Crippen molar-refractivity contribution in [2.75, 3.05) is 18.8 Å². The highest BCUT2D eigenvalue weighted by Crippen LogP contribution is 2.23. The van der Waals surface area contributed by atoms with Gasteiger partial charge < -0.3 is 10.6 Å². The van der Waals surface area contributed by atoms with E-state index >= 15 is 0 Å². The van der Waals surface area contributed by atoms with Gasteiger partial charge in [-0.1, -0.05) is 43.3 Å². The predicted molar refractivity (Wildman–Crippen MR) is 103 cm³/mol. The van der Waals surface area contributed by atoms with Crippen LogP contribution < -0.4 is 10.6 Å². The molecule has 2 aromatic rings. The normalized spacial score (nSPS) is 10.8. The molecular formula is C17H22ClN5O2S. The summed E-state index contributed by atoms with van der Waals surface area (Å²) in [6.45, 7) is 6.37. The maximum Gasteiger partial charge on any atom is 0.230 e. The van der Waals surface area contributed by atoms with Gasteiger partial charge >= 0.3 is 0 Å². The number of amides is 2. The van der Waals surface area contributed by atoms with Gasteiger partial charge in [-0.3, -0.25) is 14.2 Å². The van der Waals surface area contributed by atoms with Gasteiger partial charge in [0, 0.05) is 24.0 Å². The molecule has 0 fully saturated rings. The number of rotatable bonds is 8. The fourth-order valence-corrected chi connectivity index (χ4v) is 2.94. The number of nitrogens with one attached hydrogen (secondary N) is 2. The first-order valence-corrected chi connectivity index (χ1v) is 9.58. The molecule has 0 radical (unpaired) electrons. The van der Waals surface area contributed by atoms with Crippen molar-refractivity contribution in [2.24, 2.45) is 5.92 Å². The Bertz CT molecular complexity index is 778. The molecule has 0 aliphatic carbocycles. The van der Waals surface area contributed by atoms with Crippen LogP contribution >= 0.6 is 23.4 Å². The highest BCUT2D eigenvalue weighted by atomic mass is 35.5. The lowest BCUT2D eigenvalue weighted by Crippen LogP contribution is -2.37. The summed E-state index contributed by atoms with van der Waals surface area (Å²) in [5.74, 6) is -0.0252. The second-order valence-corrected chi connectivity index (χ2v) is 7.35. The minimum absolute atomic E-state index is 0.0292. The molecule has 2 rings (SSSR count). The topological polar surface area (TPSA) is 88.9 Å². The van der Waals surface area contributed by atoms with Gasteiger partial charge in [0.15, 0.2) is 5.16 Å². The van der Waals surface area contributed by atoms with Gasteiger partial charge in [0.1, 0.15) is 6.33 Å². The fraction of sp³-hybridized carbons (Fsp3) is 0.412. The molecular weight excluding hydrogens is 374 g/mol. The minimum Gasteiger partial charge on any atom is -0.354 e. The third kappa shape index (κ3) is 5.74. The Morgan fingerprint density at radius 2 is 2.00 bits per heavy atom. The lowest BCUT2D eigenvalue weighted by molar-refractivity contribution is -0.124. The zero-order chi connectivity index (χ0) is 19.1. The largest absolute Gasteiger partial charge is 0.354 e. The van der Waals surface area contributed by atoms with Crippen molar-refractivity contribution in [1.82, 2.24) is 25.4 Å². The maximum atomic E-state index is 11.9. The van der Waals surface area contributed by atoms with Crippen molar-refractivity contribution in [1.29, 1.82) is 0 Å². The maximum absolute atomic E-state index is 11.9. The molecule has 0 atom stereocenters. The van der Waals surface area contributed by atoms with Crippen LogP contribution in [0.15, 0.2) is 29.7 Å². The molecule has 0 spiro atoms. The summed E-state index contributed by atoms with van der Waals surface area (Å²) >= 11 is 7.45. The van der Waals surface area contributed by atoms with Crippen LogP contribution in [0.2, 0.25) is 5.02 Å². The average molecular weight is 396 g/mol. The van der Waals surface area contributed by atoms with Crippen LogP contribution in [0.3, 0.4) is 0 Å².